The first-order valence-electron chi connectivity index (χ1n) is 13.2. The molecule has 0 bridgehead atoms. The normalized spacial score (nSPS) is 27.1. The number of fused-ring (bicyclic) bond motifs is 4. The van der Waals surface area contributed by atoms with Gasteiger partial charge in [-0.2, -0.15) is 11.8 Å². The Morgan fingerprint density at radius 1 is 1.30 bits per heavy atom. The molecule has 4 rings (SSSR count). The highest BCUT2D eigenvalue weighted by Crippen LogP contribution is 2.55. The number of nitrogens with one attached hydrogen (secondary N) is 1. The van der Waals surface area contributed by atoms with E-state index in [0.29, 0.717) is 19.5 Å². The van der Waals surface area contributed by atoms with Crippen LogP contribution in [-0.2, 0) is 14.3 Å². The largest absolute Gasteiger partial charge is 0.493 e. The zero-order valence-corrected chi connectivity index (χ0v) is 24.0. The van der Waals surface area contributed by atoms with Gasteiger partial charge in [-0.25, -0.2) is 4.79 Å². The number of methoxy groups -OCH3 is 1. The molecule has 0 aliphatic carbocycles. The molecule has 3 heterocycles. The van der Waals surface area contributed by atoms with E-state index in [1.807, 2.05) is 44.1 Å². The summed E-state index contributed by atoms with van der Waals surface area (Å²) in [4.78, 5) is 28.0. The second-order valence-electron chi connectivity index (χ2n) is 11.8. The first-order valence-corrected chi connectivity index (χ1v) is 14.6. The van der Waals surface area contributed by atoms with Crippen molar-refractivity contribution in [3.05, 3.63) is 23.8 Å². The Hall–Kier alpha value is -2.13. The highest BCUT2D eigenvalue weighted by molar-refractivity contribution is 7.98. The Labute approximate surface area is 225 Å². The van der Waals surface area contributed by atoms with Crippen LogP contribution in [0.3, 0.4) is 0 Å². The highest BCUT2D eigenvalue weighted by Gasteiger charge is 2.52. The van der Waals surface area contributed by atoms with Crippen LogP contribution in [0.4, 0.5) is 4.79 Å². The van der Waals surface area contributed by atoms with Gasteiger partial charge in [-0.3, -0.25) is 4.79 Å². The van der Waals surface area contributed by atoms with Gasteiger partial charge in [0.25, 0.3) is 0 Å². The van der Waals surface area contributed by atoms with Crippen molar-refractivity contribution in [3.63, 3.8) is 0 Å². The number of benzene rings is 1. The fourth-order valence-electron chi connectivity index (χ4n) is 5.82. The summed E-state index contributed by atoms with van der Waals surface area (Å²) in [5.74, 6) is 2.58. The van der Waals surface area contributed by atoms with Crippen LogP contribution in [0.1, 0.15) is 65.5 Å². The van der Waals surface area contributed by atoms with Crippen LogP contribution in [0.5, 0.6) is 11.5 Å². The number of hydrogen-bond donors (Lipinski definition) is 1. The number of thioether (sulfide) groups is 1. The van der Waals surface area contributed by atoms with Gasteiger partial charge in [-0.1, -0.05) is 12.1 Å². The summed E-state index contributed by atoms with van der Waals surface area (Å²) in [5.41, 5.74) is -0.0227. The molecule has 9 heteroatoms. The third-order valence-electron chi connectivity index (χ3n) is 7.61. The van der Waals surface area contributed by atoms with Crippen LogP contribution in [0.15, 0.2) is 18.2 Å². The van der Waals surface area contributed by atoms with Crippen molar-refractivity contribution in [1.82, 2.24) is 10.2 Å². The number of alkyl carbamates (subject to hydrolysis) is 1. The Balaban J connectivity index is 1.48. The second kappa shape index (κ2) is 10.9. The molecule has 37 heavy (non-hydrogen) atoms. The van der Waals surface area contributed by atoms with Crippen molar-refractivity contribution >= 4 is 23.8 Å². The molecular weight excluding hydrogens is 492 g/mol. The summed E-state index contributed by atoms with van der Waals surface area (Å²) in [6.45, 7) is 10.9. The lowest BCUT2D eigenvalue weighted by molar-refractivity contribution is -0.189. The summed E-state index contributed by atoms with van der Waals surface area (Å²) in [7, 11) is 1.66. The Bertz CT molecular complexity index is 993. The van der Waals surface area contributed by atoms with E-state index >= 15 is 0 Å². The summed E-state index contributed by atoms with van der Waals surface area (Å²) in [6, 6.07) is 5.37. The number of likely N-dealkylation sites (tertiary alicyclic amines) is 1. The van der Waals surface area contributed by atoms with Crippen LogP contribution in [0, 0.1) is 11.8 Å². The fraction of sp³-hybridized carbons (Fsp3) is 0.714. The van der Waals surface area contributed by atoms with Crippen LogP contribution in [0.25, 0.3) is 0 Å². The Morgan fingerprint density at radius 3 is 2.73 bits per heavy atom. The van der Waals surface area contributed by atoms with Crippen LogP contribution < -0.4 is 14.8 Å². The number of carbonyl (C=O) groups excluding carboxylic acids is 2. The lowest BCUT2D eigenvalue weighted by Crippen LogP contribution is -2.58. The average molecular weight is 535 g/mol. The lowest BCUT2D eigenvalue weighted by Gasteiger charge is -2.53. The molecule has 2 amide bonds. The maximum atomic E-state index is 13.6. The van der Waals surface area contributed by atoms with E-state index in [0.717, 1.165) is 35.7 Å². The van der Waals surface area contributed by atoms with Crippen molar-refractivity contribution < 1.29 is 28.5 Å². The van der Waals surface area contributed by atoms with Crippen molar-refractivity contribution in [2.75, 3.05) is 32.2 Å². The van der Waals surface area contributed by atoms with Gasteiger partial charge in [-0.15, -0.1) is 0 Å². The van der Waals surface area contributed by atoms with Gasteiger partial charge in [0.2, 0.25) is 5.91 Å². The third kappa shape index (κ3) is 6.14. The average Bonchev–Trinajstić information content (AvgIpc) is 2.83. The van der Waals surface area contributed by atoms with E-state index < -0.39 is 23.3 Å². The minimum absolute atomic E-state index is 0.0466. The number of carbonyl (C=O) groups is 2. The van der Waals surface area contributed by atoms with Gasteiger partial charge in [0.1, 0.15) is 17.2 Å². The van der Waals surface area contributed by atoms with Gasteiger partial charge >= 0.3 is 6.09 Å². The van der Waals surface area contributed by atoms with Crippen molar-refractivity contribution in [3.8, 4) is 11.5 Å². The molecule has 1 aromatic carbocycles. The molecule has 1 N–H and O–H groups in total. The molecule has 5 atom stereocenters. The first kappa shape index (κ1) is 27.9. The van der Waals surface area contributed by atoms with Gasteiger partial charge < -0.3 is 29.2 Å². The number of rotatable bonds is 6. The SMILES string of the molecule is COc1cccc2c1OC(C)(C)[C@H]1C[C@@H]3CN(C(=O)[C@H](CCSC)NC(=O)OC(C)(C)C)CC[C@@H]3O[C@H]21. The smallest absolute Gasteiger partial charge is 0.408 e. The van der Waals surface area contributed by atoms with E-state index in [-0.39, 0.29) is 30.0 Å². The number of ether oxygens (including phenoxy) is 4. The predicted molar refractivity (Wildman–Crippen MR) is 144 cm³/mol. The highest BCUT2D eigenvalue weighted by atomic mass is 32.2. The molecule has 0 radical (unpaired) electrons. The van der Waals surface area contributed by atoms with Crippen LogP contribution in [-0.4, -0.2) is 72.5 Å². The Morgan fingerprint density at radius 2 is 2.05 bits per heavy atom. The summed E-state index contributed by atoms with van der Waals surface area (Å²) >= 11 is 1.66. The molecule has 206 valence electrons. The van der Waals surface area contributed by atoms with E-state index in [2.05, 4.69) is 25.2 Å². The van der Waals surface area contributed by atoms with E-state index in [9.17, 15) is 9.59 Å². The fourth-order valence-corrected chi connectivity index (χ4v) is 6.29. The number of hydrogen-bond acceptors (Lipinski definition) is 7. The van der Waals surface area contributed by atoms with E-state index in [4.69, 9.17) is 18.9 Å². The zero-order chi connectivity index (χ0) is 27.0. The van der Waals surface area contributed by atoms with E-state index in [1.165, 1.54) is 0 Å². The van der Waals surface area contributed by atoms with Crippen LogP contribution in [0.2, 0.25) is 0 Å². The Kier molecular flexibility index (Phi) is 8.24. The predicted octanol–water partition coefficient (Wildman–Crippen LogP) is 4.81. The number of piperidine rings is 1. The molecule has 0 unspecified atom stereocenters. The molecule has 2 fully saturated rings. The number of para-hydroxylation sites is 1. The monoisotopic (exact) mass is 534 g/mol. The zero-order valence-electron chi connectivity index (χ0n) is 23.2. The third-order valence-corrected chi connectivity index (χ3v) is 8.26. The van der Waals surface area contributed by atoms with Crippen molar-refractivity contribution in [2.24, 2.45) is 11.8 Å². The summed E-state index contributed by atoms with van der Waals surface area (Å²) < 4.78 is 24.2. The molecule has 0 saturated carbocycles. The maximum Gasteiger partial charge on any atom is 0.408 e. The topological polar surface area (TPSA) is 86.3 Å². The molecule has 8 nitrogen and oxygen atoms in total. The first-order chi connectivity index (χ1) is 17.4. The number of nitrogens with zero attached hydrogens (tertiary/aromatic N) is 1. The van der Waals surface area contributed by atoms with Gasteiger partial charge in [0.15, 0.2) is 11.5 Å². The second-order valence-corrected chi connectivity index (χ2v) is 12.8. The molecular formula is C28H42N2O6S. The van der Waals surface area contributed by atoms with Crippen molar-refractivity contribution in [2.45, 2.75) is 83.3 Å². The lowest BCUT2D eigenvalue weighted by atomic mass is 9.70. The maximum absolute atomic E-state index is 13.6. The molecule has 3 aliphatic rings. The summed E-state index contributed by atoms with van der Waals surface area (Å²) in [5, 5.41) is 2.83. The molecule has 0 aromatic heterocycles. The molecule has 2 saturated heterocycles. The standard InChI is InChI=1S/C28H42N2O6S/c1-27(2,3)36-26(32)29-20(12-14-37-7)25(31)30-13-11-21-17(16-30)15-19-23(34-21)18-9-8-10-22(33-6)24(18)35-28(19,4)5/h8-10,17,19-21,23H,11-16H2,1-7H3,(H,29,32)/t17-,19+,20+,21+,23-/m1/s1. The molecule has 3 aliphatic heterocycles. The minimum atomic E-state index is -0.622. The minimum Gasteiger partial charge on any atom is -0.493 e. The molecule has 0 spiro atoms. The van der Waals surface area contributed by atoms with Gasteiger partial charge in [-0.05, 0) is 72.0 Å². The summed E-state index contributed by atoms with van der Waals surface area (Å²) in [6.07, 6.45) is 3.67. The number of amides is 2. The van der Waals surface area contributed by atoms with Gasteiger partial charge in [0, 0.05) is 30.5 Å². The van der Waals surface area contributed by atoms with Crippen LogP contribution >= 0.6 is 11.8 Å². The molecule has 1 aromatic rings. The van der Waals surface area contributed by atoms with E-state index in [1.54, 1.807) is 18.9 Å². The van der Waals surface area contributed by atoms with Crippen molar-refractivity contribution in [1.29, 1.82) is 0 Å². The van der Waals surface area contributed by atoms with Gasteiger partial charge in [0.05, 0.1) is 19.3 Å². The quantitative estimate of drug-likeness (QED) is 0.561.